The number of hydrogen-bond donors (Lipinski definition) is 3. The summed E-state index contributed by atoms with van der Waals surface area (Å²) in [4.78, 5) is 47.9. The molecule has 0 fully saturated rings. The van der Waals surface area contributed by atoms with Crippen LogP contribution < -0.4 is 16.4 Å². The van der Waals surface area contributed by atoms with Crippen LogP contribution in [-0.4, -0.2) is 49.2 Å². The van der Waals surface area contributed by atoms with E-state index in [0.717, 1.165) is 0 Å². The zero-order chi connectivity index (χ0) is 30.1. The van der Waals surface area contributed by atoms with Gasteiger partial charge in [-0.2, -0.15) is 0 Å². The Balaban J connectivity index is 2.60. The van der Waals surface area contributed by atoms with E-state index in [9.17, 15) is 19.2 Å². The molecule has 0 aliphatic carbocycles. The summed E-state index contributed by atoms with van der Waals surface area (Å²) >= 11 is 5.83. The molecule has 0 saturated carbocycles. The first-order valence-electron chi connectivity index (χ1n) is 12.7. The monoisotopic (exact) mass is 575 g/mol. The van der Waals surface area contributed by atoms with Crippen LogP contribution in [0.3, 0.4) is 0 Å². The number of hydrogen-bond acceptors (Lipinski definition) is 7. The zero-order valence-electron chi connectivity index (χ0n) is 23.5. The number of rotatable bonds is 12. The van der Waals surface area contributed by atoms with Crippen LogP contribution in [0.1, 0.15) is 53.4 Å². The summed E-state index contributed by atoms with van der Waals surface area (Å²) in [6.07, 6.45) is 12.4. The first-order valence-corrected chi connectivity index (χ1v) is 13.0. The number of methoxy groups -OCH3 is 1. The van der Waals surface area contributed by atoms with Gasteiger partial charge in [-0.1, -0.05) is 62.4 Å². The summed E-state index contributed by atoms with van der Waals surface area (Å²) in [6.45, 7) is 7.17. The molecular weight excluding hydrogens is 538 g/mol. The molecule has 218 valence electrons. The minimum Gasteiger partial charge on any atom is -0.490 e. The number of nitrogens with two attached hydrogens (primary N) is 1. The van der Waals surface area contributed by atoms with E-state index in [1.807, 2.05) is 20.8 Å². The molecule has 1 aliphatic rings. The third kappa shape index (κ3) is 14.3. The highest BCUT2D eigenvalue weighted by Gasteiger charge is 2.32. The van der Waals surface area contributed by atoms with Crippen molar-refractivity contribution < 1.29 is 33.4 Å². The summed E-state index contributed by atoms with van der Waals surface area (Å²) in [5.41, 5.74) is 4.52. The zero-order valence-corrected chi connectivity index (χ0v) is 24.2. The van der Waals surface area contributed by atoms with E-state index in [1.165, 1.54) is 25.5 Å². The fourth-order valence-corrected chi connectivity index (χ4v) is 3.43. The van der Waals surface area contributed by atoms with Crippen LogP contribution in [0.4, 0.5) is 4.79 Å². The van der Waals surface area contributed by atoms with Crippen LogP contribution in [-0.2, 0) is 28.6 Å². The second-order valence-corrected chi connectivity index (χ2v) is 10.4. The average molecular weight is 576 g/mol. The largest absolute Gasteiger partial charge is 0.490 e. The van der Waals surface area contributed by atoms with E-state index in [-0.39, 0.29) is 11.9 Å². The molecule has 0 spiro atoms. The van der Waals surface area contributed by atoms with Gasteiger partial charge in [-0.05, 0) is 36.8 Å². The van der Waals surface area contributed by atoms with E-state index in [1.54, 1.807) is 37.3 Å². The summed E-state index contributed by atoms with van der Waals surface area (Å²) in [7, 11) is 1.42. The van der Waals surface area contributed by atoms with Crippen LogP contribution in [0.25, 0.3) is 0 Å². The Labute approximate surface area is 240 Å². The number of cyclic esters (lactones) is 1. The number of allylic oxidation sites excluding steroid dienone is 3. The Hall–Kier alpha value is -3.97. The van der Waals surface area contributed by atoms with Crippen molar-refractivity contribution in [2.45, 2.75) is 71.6 Å². The maximum absolute atomic E-state index is 12.8. The standard InChI is InChI=1S/C29H38ClN3O7/c1-20(30)15-16-22(40-28(31)37)13-11-19-32-26(35)25(29(2,3)4)33-24(34)14-10-8-6-7-9-12-21-17-18-23(38-5)27(36)39-21/h7,9-11,14-15,18-19,21-22,25H,12-13,16-17H2,1-5H3,(H2,31,37)(H,32,35)(H,33,34)/b9-7-,14-10+,19-11-,20-15+/t21-,22?,25?/m1/s1. The van der Waals surface area contributed by atoms with E-state index in [0.29, 0.717) is 30.7 Å². The molecule has 0 aromatic heterocycles. The van der Waals surface area contributed by atoms with Crippen LogP contribution in [0.15, 0.2) is 59.5 Å². The summed E-state index contributed by atoms with van der Waals surface area (Å²) < 4.78 is 15.2. The highest BCUT2D eigenvalue weighted by Crippen LogP contribution is 2.20. The Morgan fingerprint density at radius 1 is 1.23 bits per heavy atom. The lowest BCUT2D eigenvalue weighted by Gasteiger charge is -2.29. The molecule has 11 heteroatoms. The van der Waals surface area contributed by atoms with Gasteiger partial charge in [-0.25, -0.2) is 9.59 Å². The van der Waals surface area contributed by atoms with Crippen LogP contribution in [0, 0.1) is 17.3 Å². The normalized spacial score (nSPS) is 17.4. The maximum atomic E-state index is 12.8. The number of nitrogens with one attached hydrogen (secondary N) is 2. The molecule has 1 aliphatic heterocycles. The topological polar surface area (TPSA) is 146 Å². The Kier molecular flexibility index (Phi) is 15.0. The lowest BCUT2D eigenvalue weighted by molar-refractivity contribution is -0.149. The van der Waals surface area contributed by atoms with Crippen molar-refractivity contribution >= 4 is 35.5 Å². The third-order valence-corrected chi connectivity index (χ3v) is 5.52. The molecule has 2 unspecified atom stereocenters. The molecule has 0 aromatic carbocycles. The van der Waals surface area contributed by atoms with Crippen molar-refractivity contribution in [3.63, 3.8) is 0 Å². The maximum Gasteiger partial charge on any atom is 0.404 e. The molecular formula is C29H38ClN3O7. The average Bonchev–Trinajstić information content (AvgIpc) is 2.86. The second kappa shape index (κ2) is 17.6. The lowest BCUT2D eigenvalue weighted by Crippen LogP contribution is -2.52. The Morgan fingerprint density at radius 3 is 2.52 bits per heavy atom. The molecule has 0 saturated heterocycles. The SMILES string of the molecule is COC1=CC[C@@H](C/C=C\C#C/C=C/C(=O)NC(C(=O)N/C=C\CC(C/C=C(\C)Cl)OC(N)=O)C(C)(C)C)OC1=O. The van der Waals surface area contributed by atoms with Crippen molar-refractivity contribution in [3.05, 3.63) is 59.5 Å². The number of carbonyl (C=O) groups excluding carboxylic acids is 4. The quantitative estimate of drug-likeness (QED) is 0.182. The molecule has 3 amide bonds. The fraction of sp³-hybridized carbons (Fsp3) is 0.448. The van der Waals surface area contributed by atoms with Crippen molar-refractivity contribution in [1.29, 1.82) is 0 Å². The first kappa shape index (κ1) is 34.1. The summed E-state index contributed by atoms with van der Waals surface area (Å²) in [5, 5.41) is 5.89. The number of halogens is 1. The molecule has 4 N–H and O–H groups in total. The minimum absolute atomic E-state index is 0.207. The van der Waals surface area contributed by atoms with Gasteiger partial charge in [0.1, 0.15) is 18.2 Å². The Morgan fingerprint density at radius 2 is 1.93 bits per heavy atom. The van der Waals surface area contributed by atoms with Crippen molar-refractivity contribution in [3.8, 4) is 11.8 Å². The fourth-order valence-electron chi connectivity index (χ4n) is 3.34. The van der Waals surface area contributed by atoms with Gasteiger partial charge in [0.2, 0.25) is 11.8 Å². The highest BCUT2D eigenvalue weighted by molar-refractivity contribution is 6.29. The number of amides is 3. The van der Waals surface area contributed by atoms with Crippen LogP contribution in [0.5, 0.6) is 0 Å². The summed E-state index contributed by atoms with van der Waals surface area (Å²) in [5.74, 6) is 4.31. The second-order valence-electron chi connectivity index (χ2n) is 9.84. The predicted molar refractivity (Wildman–Crippen MR) is 152 cm³/mol. The van der Waals surface area contributed by atoms with Crippen molar-refractivity contribution in [2.75, 3.05) is 7.11 Å². The smallest absolute Gasteiger partial charge is 0.404 e. The van der Waals surface area contributed by atoms with Gasteiger partial charge in [0.05, 0.1) is 7.11 Å². The summed E-state index contributed by atoms with van der Waals surface area (Å²) in [6, 6.07) is -0.840. The van der Waals surface area contributed by atoms with Gasteiger partial charge in [0.15, 0.2) is 5.76 Å². The van der Waals surface area contributed by atoms with Crippen molar-refractivity contribution in [2.24, 2.45) is 11.1 Å². The molecule has 3 atom stereocenters. The van der Waals surface area contributed by atoms with E-state index in [2.05, 4.69) is 22.5 Å². The minimum atomic E-state index is -0.905. The van der Waals surface area contributed by atoms with Crippen molar-refractivity contribution in [1.82, 2.24) is 10.6 Å². The molecule has 0 bridgehead atoms. The highest BCUT2D eigenvalue weighted by atomic mass is 35.5. The van der Waals surface area contributed by atoms with Gasteiger partial charge >= 0.3 is 12.1 Å². The van der Waals surface area contributed by atoms with Gasteiger partial charge < -0.3 is 30.6 Å². The number of primary amides is 1. The predicted octanol–water partition coefficient (Wildman–Crippen LogP) is 3.89. The molecule has 0 aromatic rings. The number of carbonyl (C=O) groups is 4. The van der Waals surface area contributed by atoms with E-state index in [4.69, 9.17) is 31.5 Å². The molecule has 40 heavy (non-hydrogen) atoms. The van der Waals surface area contributed by atoms with E-state index < -0.39 is 41.4 Å². The molecule has 1 rings (SSSR count). The Bertz CT molecular complexity index is 1120. The lowest BCUT2D eigenvalue weighted by atomic mass is 9.86. The van der Waals surface area contributed by atoms with E-state index >= 15 is 0 Å². The van der Waals surface area contributed by atoms with Crippen LogP contribution in [0.2, 0.25) is 0 Å². The van der Waals surface area contributed by atoms with Gasteiger partial charge in [0, 0.05) is 36.8 Å². The number of esters is 1. The van der Waals surface area contributed by atoms with Gasteiger partial charge in [-0.15, -0.1) is 0 Å². The first-order chi connectivity index (χ1) is 18.8. The number of ether oxygens (including phenoxy) is 3. The third-order valence-electron chi connectivity index (χ3n) is 5.36. The van der Waals surface area contributed by atoms with Gasteiger partial charge in [0.25, 0.3) is 0 Å². The molecule has 10 nitrogen and oxygen atoms in total. The molecule has 0 radical (unpaired) electrons. The van der Waals surface area contributed by atoms with Gasteiger partial charge in [-0.3, -0.25) is 9.59 Å². The van der Waals surface area contributed by atoms with Crippen LogP contribution >= 0.6 is 11.6 Å². The molecule has 1 heterocycles.